The van der Waals surface area contributed by atoms with Gasteiger partial charge in [0.05, 0.1) is 5.56 Å². The van der Waals surface area contributed by atoms with Crippen molar-refractivity contribution in [3.63, 3.8) is 0 Å². The molecule has 0 bridgehead atoms. The Morgan fingerprint density at radius 2 is 2.05 bits per heavy atom. The second-order valence-electron chi connectivity index (χ2n) is 4.30. The summed E-state index contributed by atoms with van der Waals surface area (Å²) in [5.41, 5.74) is -0.654. The van der Waals surface area contributed by atoms with Crippen molar-refractivity contribution in [1.29, 1.82) is 0 Å². The van der Waals surface area contributed by atoms with Crippen LogP contribution in [0.4, 0.5) is 24.8 Å². The molecule has 2 heterocycles. The van der Waals surface area contributed by atoms with Gasteiger partial charge in [-0.15, -0.1) is 0 Å². The number of nitrogens with zero attached hydrogens (tertiary/aromatic N) is 2. The molecule has 0 radical (unpaired) electrons. The third-order valence-electron chi connectivity index (χ3n) is 2.94. The zero-order chi connectivity index (χ0) is 13.9. The molecule has 1 aromatic rings. The van der Waals surface area contributed by atoms with Crippen molar-refractivity contribution in [2.45, 2.75) is 12.6 Å². The summed E-state index contributed by atoms with van der Waals surface area (Å²) in [6, 6.07) is 2.17. The fourth-order valence-electron chi connectivity index (χ4n) is 1.94. The minimum Gasteiger partial charge on any atom is -0.373 e. The third-order valence-corrected chi connectivity index (χ3v) is 3.99. The predicted molar refractivity (Wildman–Crippen MR) is 72.9 cm³/mol. The topological polar surface area (TPSA) is 28.2 Å². The summed E-state index contributed by atoms with van der Waals surface area (Å²) in [5.74, 6) is 2.63. The molecular weight excluding hydrogens is 275 g/mol. The Bertz CT molecular complexity index is 429. The summed E-state index contributed by atoms with van der Waals surface area (Å²) in [6.45, 7) is 1.49. The largest absolute Gasteiger partial charge is 0.416 e. The third kappa shape index (κ3) is 3.68. The molecule has 0 amide bonds. The van der Waals surface area contributed by atoms with Gasteiger partial charge in [0, 0.05) is 25.9 Å². The van der Waals surface area contributed by atoms with Gasteiger partial charge < -0.3 is 10.2 Å². The van der Waals surface area contributed by atoms with Gasteiger partial charge in [0.15, 0.2) is 0 Å². The molecule has 1 aliphatic rings. The van der Waals surface area contributed by atoms with Crippen LogP contribution < -0.4 is 10.2 Å². The van der Waals surface area contributed by atoms with Crippen LogP contribution in [0.5, 0.6) is 0 Å². The first kappa shape index (κ1) is 14.3. The van der Waals surface area contributed by atoms with Crippen molar-refractivity contribution >= 4 is 23.4 Å². The van der Waals surface area contributed by atoms with Crippen LogP contribution >= 0.6 is 11.8 Å². The Morgan fingerprint density at radius 3 is 2.74 bits per heavy atom. The van der Waals surface area contributed by atoms with Crippen molar-refractivity contribution in [2.75, 3.05) is 41.9 Å². The van der Waals surface area contributed by atoms with E-state index in [-0.39, 0.29) is 5.82 Å². The van der Waals surface area contributed by atoms with Gasteiger partial charge in [0.1, 0.15) is 11.6 Å². The molecule has 7 heteroatoms. The van der Waals surface area contributed by atoms with Crippen molar-refractivity contribution in [3.05, 3.63) is 17.7 Å². The van der Waals surface area contributed by atoms with Gasteiger partial charge >= 0.3 is 6.18 Å². The summed E-state index contributed by atoms with van der Waals surface area (Å²) in [4.78, 5) is 6.16. The van der Waals surface area contributed by atoms with Gasteiger partial charge in [-0.2, -0.15) is 24.9 Å². The molecule has 3 nitrogen and oxygen atoms in total. The first-order chi connectivity index (χ1) is 9.00. The number of hydrogen-bond acceptors (Lipinski definition) is 4. The normalized spacial score (nSPS) is 17.2. The van der Waals surface area contributed by atoms with Gasteiger partial charge in [0.2, 0.25) is 0 Å². The van der Waals surface area contributed by atoms with Crippen LogP contribution in [0.3, 0.4) is 0 Å². The van der Waals surface area contributed by atoms with Crippen LogP contribution in [0.2, 0.25) is 0 Å². The second kappa shape index (κ2) is 5.90. The minimum atomic E-state index is -4.34. The zero-order valence-electron chi connectivity index (χ0n) is 10.6. The molecule has 1 N–H and O–H groups in total. The lowest BCUT2D eigenvalue weighted by Crippen LogP contribution is -2.27. The fourth-order valence-corrected chi connectivity index (χ4v) is 2.83. The van der Waals surface area contributed by atoms with Crippen molar-refractivity contribution in [3.8, 4) is 0 Å². The Labute approximate surface area is 114 Å². The maximum absolute atomic E-state index is 12.9. The highest BCUT2D eigenvalue weighted by Crippen LogP contribution is 2.33. The van der Waals surface area contributed by atoms with E-state index in [2.05, 4.69) is 10.3 Å². The van der Waals surface area contributed by atoms with Crippen molar-refractivity contribution in [2.24, 2.45) is 0 Å². The average Bonchev–Trinajstić information content (AvgIpc) is 2.66. The van der Waals surface area contributed by atoms with Crippen LogP contribution in [-0.2, 0) is 6.18 Å². The number of nitrogens with one attached hydrogen (secondary N) is 1. The molecule has 1 saturated heterocycles. The van der Waals surface area contributed by atoms with Gasteiger partial charge in [0.25, 0.3) is 0 Å². The maximum Gasteiger partial charge on any atom is 0.416 e. The number of hydrogen-bond donors (Lipinski definition) is 1. The quantitative estimate of drug-likeness (QED) is 0.906. The van der Waals surface area contributed by atoms with Gasteiger partial charge in [-0.3, -0.25) is 0 Å². The lowest BCUT2D eigenvalue weighted by atomic mass is 10.2. The molecule has 0 saturated carbocycles. The number of alkyl halides is 3. The van der Waals surface area contributed by atoms with Crippen LogP contribution in [0.15, 0.2) is 12.1 Å². The predicted octanol–water partition coefficient (Wildman–Crippen LogP) is 3.09. The van der Waals surface area contributed by atoms with Crippen LogP contribution in [0, 0.1) is 0 Å². The molecule has 106 valence electrons. The zero-order valence-corrected chi connectivity index (χ0v) is 11.4. The summed E-state index contributed by atoms with van der Waals surface area (Å²) < 4.78 is 38.6. The summed E-state index contributed by atoms with van der Waals surface area (Å²) in [5, 5.41) is 2.69. The van der Waals surface area contributed by atoms with E-state index in [9.17, 15) is 13.2 Å². The number of halogens is 3. The van der Waals surface area contributed by atoms with Crippen LogP contribution in [0.25, 0.3) is 0 Å². The fraction of sp³-hybridized carbons (Fsp3) is 0.583. The molecule has 19 heavy (non-hydrogen) atoms. The van der Waals surface area contributed by atoms with E-state index in [4.69, 9.17) is 0 Å². The summed E-state index contributed by atoms with van der Waals surface area (Å²) in [7, 11) is 1.57. The van der Waals surface area contributed by atoms with E-state index in [1.807, 2.05) is 16.7 Å². The molecular formula is C12H16F3N3S. The second-order valence-corrected chi connectivity index (χ2v) is 5.52. The van der Waals surface area contributed by atoms with Crippen molar-refractivity contribution < 1.29 is 13.2 Å². The Kier molecular flexibility index (Phi) is 4.44. The van der Waals surface area contributed by atoms with Crippen LogP contribution in [0.1, 0.15) is 12.0 Å². The lowest BCUT2D eigenvalue weighted by molar-refractivity contribution is -0.137. The van der Waals surface area contributed by atoms with Gasteiger partial charge in [-0.05, 0) is 24.3 Å². The molecule has 0 aromatic carbocycles. The molecule has 1 fully saturated rings. The van der Waals surface area contributed by atoms with Gasteiger partial charge in [-0.25, -0.2) is 4.98 Å². The highest BCUT2D eigenvalue weighted by Gasteiger charge is 2.32. The van der Waals surface area contributed by atoms with Crippen LogP contribution in [-0.4, -0.2) is 36.6 Å². The molecule has 1 aromatic heterocycles. The standard InChI is InChI=1S/C12H16F3N3S/c1-16-10-7-9(12(13,14)15)8-11(17-10)18-3-2-5-19-6-4-18/h7-8H,2-6H2,1H3,(H,16,17). The Balaban J connectivity index is 2.33. The molecule has 0 aliphatic carbocycles. The van der Waals surface area contributed by atoms with Crippen molar-refractivity contribution in [1.82, 2.24) is 4.98 Å². The highest BCUT2D eigenvalue weighted by atomic mass is 32.2. The van der Waals surface area contributed by atoms with E-state index >= 15 is 0 Å². The smallest absolute Gasteiger partial charge is 0.373 e. The number of anilines is 2. The maximum atomic E-state index is 12.9. The first-order valence-electron chi connectivity index (χ1n) is 6.10. The molecule has 0 atom stereocenters. The monoisotopic (exact) mass is 291 g/mol. The Hall–Kier alpha value is -1.11. The Morgan fingerprint density at radius 1 is 1.26 bits per heavy atom. The summed E-state index contributed by atoms with van der Waals surface area (Å²) >= 11 is 1.83. The molecule has 1 aliphatic heterocycles. The van der Waals surface area contributed by atoms with E-state index in [0.29, 0.717) is 5.82 Å². The van der Waals surface area contributed by atoms with Gasteiger partial charge in [-0.1, -0.05) is 0 Å². The highest BCUT2D eigenvalue weighted by molar-refractivity contribution is 7.99. The lowest BCUT2D eigenvalue weighted by Gasteiger charge is -2.23. The van der Waals surface area contributed by atoms with E-state index < -0.39 is 11.7 Å². The van der Waals surface area contributed by atoms with E-state index in [1.54, 1.807) is 7.05 Å². The number of pyridine rings is 1. The summed E-state index contributed by atoms with van der Waals surface area (Å²) in [6.07, 6.45) is -3.37. The number of rotatable bonds is 2. The first-order valence-corrected chi connectivity index (χ1v) is 7.26. The molecule has 0 unspecified atom stereocenters. The molecule has 0 spiro atoms. The van der Waals surface area contributed by atoms with E-state index in [1.165, 1.54) is 0 Å². The number of thioether (sulfide) groups is 1. The molecule has 2 rings (SSSR count). The minimum absolute atomic E-state index is 0.252. The SMILES string of the molecule is CNc1cc(C(F)(F)F)cc(N2CCCSCC2)n1. The van der Waals surface area contributed by atoms with E-state index in [0.717, 1.165) is 43.1 Å². The average molecular weight is 291 g/mol. The number of aromatic nitrogens is 1.